The molecular weight excluding hydrogens is 258 g/mol. The summed E-state index contributed by atoms with van der Waals surface area (Å²) in [7, 11) is 1.78. The predicted octanol–water partition coefficient (Wildman–Crippen LogP) is 2.71. The van der Waals surface area contributed by atoms with Gasteiger partial charge in [-0.1, -0.05) is 27.5 Å². The summed E-state index contributed by atoms with van der Waals surface area (Å²) in [5, 5.41) is 1.08. The molecule has 0 spiro atoms. The molecule has 0 unspecified atom stereocenters. The molecule has 1 aromatic rings. The molecule has 0 radical (unpaired) electrons. The summed E-state index contributed by atoms with van der Waals surface area (Å²) in [4.78, 5) is 5.62. The molecule has 1 aromatic heterocycles. The van der Waals surface area contributed by atoms with Gasteiger partial charge >= 0.3 is 0 Å². The van der Waals surface area contributed by atoms with Crippen molar-refractivity contribution >= 4 is 33.3 Å². The number of hydrogen-bond donors (Lipinski definition) is 0. The van der Waals surface area contributed by atoms with Gasteiger partial charge in [0, 0.05) is 25.1 Å². The van der Waals surface area contributed by atoms with Crippen molar-refractivity contribution in [2.24, 2.45) is 0 Å². The Morgan fingerprint density at radius 3 is 2.92 bits per heavy atom. The van der Waals surface area contributed by atoms with Gasteiger partial charge in [-0.2, -0.15) is 0 Å². The quantitative estimate of drug-likeness (QED) is 0.783. The van der Waals surface area contributed by atoms with Gasteiger partial charge in [-0.15, -0.1) is 0 Å². The molecule has 5 heteroatoms. The van der Waals surface area contributed by atoms with Gasteiger partial charge in [0.05, 0.1) is 5.02 Å². The maximum atomic E-state index is 13.2. The average molecular weight is 268 g/mol. The van der Waals surface area contributed by atoms with Crippen LogP contribution in [0.2, 0.25) is 5.02 Å². The van der Waals surface area contributed by atoms with Crippen molar-refractivity contribution in [3.8, 4) is 0 Å². The van der Waals surface area contributed by atoms with Gasteiger partial charge in [0.15, 0.2) is 11.6 Å². The van der Waals surface area contributed by atoms with Crippen LogP contribution >= 0.6 is 27.5 Å². The number of nitrogens with zero attached hydrogens (tertiary/aromatic N) is 2. The lowest BCUT2D eigenvalue weighted by Crippen LogP contribution is -2.21. The molecule has 1 heterocycles. The van der Waals surface area contributed by atoms with E-state index in [1.807, 2.05) is 0 Å². The van der Waals surface area contributed by atoms with Crippen molar-refractivity contribution in [3.63, 3.8) is 0 Å². The van der Waals surface area contributed by atoms with Crippen molar-refractivity contribution in [1.29, 1.82) is 0 Å². The lowest BCUT2D eigenvalue weighted by molar-refractivity contribution is 0.617. The lowest BCUT2D eigenvalue weighted by atomic mass is 10.4. The third-order valence-electron chi connectivity index (χ3n) is 1.57. The van der Waals surface area contributed by atoms with Gasteiger partial charge in [0.25, 0.3) is 0 Å². The average Bonchev–Trinajstić information content (AvgIpc) is 2.04. The largest absolute Gasteiger partial charge is 0.356 e. The fraction of sp³-hybridized carbons (Fsp3) is 0.375. The summed E-state index contributed by atoms with van der Waals surface area (Å²) < 4.78 is 13.2. The van der Waals surface area contributed by atoms with E-state index >= 15 is 0 Å². The second-order valence-electron chi connectivity index (χ2n) is 2.57. The molecule has 0 amide bonds. The lowest BCUT2D eigenvalue weighted by Gasteiger charge is -2.16. The SMILES string of the molecule is CN(CCBr)c1ncc(Cl)cc1F. The van der Waals surface area contributed by atoms with Crippen LogP contribution in [-0.4, -0.2) is 23.9 Å². The van der Waals surface area contributed by atoms with Crippen molar-refractivity contribution in [3.05, 3.63) is 23.1 Å². The van der Waals surface area contributed by atoms with Crippen molar-refractivity contribution in [1.82, 2.24) is 4.98 Å². The van der Waals surface area contributed by atoms with Crippen LogP contribution in [0.4, 0.5) is 10.2 Å². The monoisotopic (exact) mass is 266 g/mol. The summed E-state index contributed by atoms with van der Waals surface area (Å²) in [5.74, 6) is -0.0696. The van der Waals surface area contributed by atoms with Gasteiger partial charge in [-0.05, 0) is 6.07 Å². The normalized spacial score (nSPS) is 10.2. The van der Waals surface area contributed by atoms with Crippen LogP contribution in [0.25, 0.3) is 0 Å². The second-order valence-corrected chi connectivity index (χ2v) is 3.80. The minimum atomic E-state index is -0.393. The zero-order valence-corrected chi connectivity index (χ0v) is 9.44. The van der Waals surface area contributed by atoms with E-state index in [1.54, 1.807) is 11.9 Å². The van der Waals surface area contributed by atoms with Gasteiger partial charge in [0.2, 0.25) is 0 Å². The third kappa shape index (κ3) is 2.81. The van der Waals surface area contributed by atoms with E-state index in [1.165, 1.54) is 12.3 Å². The van der Waals surface area contributed by atoms with Crippen molar-refractivity contribution in [2.75, 3.05) is 23.8 Å². The Kier molecular flexibility index (Phi) is 3.93. The standard InChI is InChI=1S/C8H9BrClFN2/c1-13(3-2-9)8-7(11)4-6(10)5-12-8/h4-5H,2-3H2,1H3. The predicted molar refractivity (Wildman–Crippen MR) is 56.3 cm³/mol. The number of rotatable bonds is 3. The Bertz CT molecular complexity index is 295. The zero-order valence-electron chi connectivity index (χ0n) is 7.10. The highest BCUT2D eigenvalue weighted by atomic mass is 79.9. The number of halogens is 3. The topological polar surface area (TPSA) is 16.1 Å². The van der Waals surface area contributed by atoms with Crippen LogP contribution in [0, 0.1) is 5.82 Å². The van der Waals surface area contributed by atoms with Crippen molar-refractivity contribution in [2.45, 2.75) is 0 Å². The van der Waals surface area contributed by atoms with E-state index in [0.717, 1.165) is 5.33 Å². The number of hydrogen-bond acceptors (Lipinski definition) is 2. The number of aromatic nitrogens is 1. The van der Waals surface area contributed by atoms with Crippen LogP contribution in [0.5, 0.6) is 0 Å². The summed E-state index contributed by atoms with van der Waals surface area (Å²) in [6.45, 7) is 0.700. The van der Waals surface area contributed by atoms with Gasteiger partial charge in [-0.3, -0.25) is 0 Å². The zero-order chi connectivity index (χ0) is 9.84. The van der Waals surface area contributed by atoms with E-state index in [4.69, 9.17) is 11.6 Å². The van der Waals surface area contributed by atoms with E-state index < -0.39 is 5.82 Å². The fourth-order valence-electron chi connectivity index (χ4n) is 0.921. The molecule has 0 saturated carbocycles. The molecule has 1 rings (SSSR count). The third-order valence-corrected chi connectivity index (χ3v) is 2.13. The first kappa shape index (κ1) is 10.7. The molecule has 0 fully saturated rings. The first-order valence-corrected chi connectivity index (χ1v) is 5.23. The minimum Gasteiger partial charge on any atom is -0.356 e. The molecule has 0 aliphatic carbocycles. The maximum Gasteiger partial charge on any atom is 0.167 e. The van der Waals surface area contributed by atoms with Crippen LogP contribution in [-0.2, 0) is 0 Å². The number of pyridine rings is 1. The Balaban J connectivity index is 2.88. The highest BCUT2D eigenvalue weighted by Gasteiger charge is 2.08. The first-order valence-electron chi connectivity index (χ1n) is 3.73. The molecular formula is C8H9BrClFN2. The second kappa shape index (κ2) is 4.77. The first-order chi connectivity index (χ1) is 6.15. The Morgan fingerprint density at radius 2 is 2.38 bits per heavy atom. The van der Waals surface area contributed by atoms with E-state index in [-0.39, 0.29) is 0 Å². The Morgan fingerprint density at radius 1 is 1.69 bits per heavy atom. The summed E-state index contributed by atoms with van der Waals surface area (Å²) in [6.07, 6.45) is 1.44. The Labute approximate surface area is 89.8 Å². The molecule has 72 valence electrons. The highest BCUT2D eigenvalue weighted by molar-refractivity contribution is 9.09. The molecule has 0 bridgehead atoms. The van der Waals surface area contributed by atoms with Crippen molar-refractivity contribution < 1.29 is 4.39 Å². The van der Waals surface area contributed by atoms with E-state index in [2.05, 4.69) is 20.9 Å². The molecule has 0 N–H and O–H groups in total. The van der Waals surface area contributed by atoms with Crippen LogP contribution in [0.3, 0.4) is 0 Å². The molecule has 0 atom stereocenters. The van der Waals surface area contributed by atoms with Gasteiger partial charge < -0.3 is 4.90 Å². The summed E-state index contributed by atoms with van der Waals surface area (Å²) in [5.41, 5.74) is 0. The van der Waals surface area contributed by atoms with E-state index in [9.17, 15) is 4.39 Å². The molecule has 13 heavy (non-hydrogen) atoms. The fourth-order valence-corrected chi connectivity index (χ4v) is 1.60. The van der Waals surface area contributed by atoms with Crippen LogP contribution in [0.1, 0.15) is 0 Å². The highest BCUT2D eigenvalue weighted by Crippen LogP contribution is 2.18. The minimum absolute atomic E-state index is 0.313. The maximum absolute atomic E-state index is 13.2. The molecule has 0 aliphatic heterocycles. The van der Waals surface area contributed by atoms with Gasteiger partial charge in [-0.25, -0.2) is 9.37 Å². The summed E-state index contributed by atoms with van der Waals surface area (Å²) in [6, 6.07) is 1.26. The Hall–Kier alpha value is -0.350. The molecule has 2 nitrogen and oxygen atoms in total. The number of anilines is 1. The number of alkyl halides is 1. The molecule has 0 saturated heterocycles. The van der Waals surface area contributed by atoms with Crippen LogP contribution < -0.4 is 4.90 Å². The summed E-state index contributed by atoms with van der Waals surface area (Å²) >= 11 is 8.84. The van der Waals surface area contributed by atoms with Crippen LogP contribution in [0.15, 0.2) is 12.3 Å². The van der Waals surface area contributed by atoms with E-state index in [0.29, 0.717) is 17.4 Å². The molecule has 0 aromatic carbocycles. The van der Waals surface area contributed by atoms with Gasteiger partial charge in [0.1, 0.15) is 0 Å². The molecule has 0 aliphatic rings. The smallest absolute Gasteiger partial charge is 0.167 e.